The molecule has 0 amide bonds. The molecular formula is C10H10O3. The maximum absolute atomic E-state index is 11.1. The topological polar surface area (TPSA) is 47.3 Å². The summed E-state index contributed by atoms with van der Waals surface area (Å²) in [6, 6.07) is 3.34. The molecule has 0 bridgehead atoms. The zero-order valence-electron chi connectivity index (χ0n) is 7.53. The molecule has 0 atom stereocenters. The molecule has 0 saturated heterocycles. The Morgan fingerprint density at radius 1 is 1.46 bits per heavy atom. The molecule has 0 spiro atoms. The number of allylic oxidation sites excluding steroid dienone is 2. The van der Waals surface area contributed by atoms with E-state index in [1.807, 2.05) is 0 Å². The van der Waals surface area contributed by atoms with Gasteiger partial charge in [-0.1, -0.05) is 0 Å². The largest absolute Gasteiger partial charge is 0.423 e. The lowest BCUT2D eigenvalue weighted by Crippen LogP contribution is -2.03. The number of hydrogen-bond acceptors (Lipinski definition) is 3. The highest BCUT2D eigenvalue weighted by Gasteiger charge is 2.00. The van der Waals surface area contributed by atoms with Crippen molar-refractivity contribution >= 4 is 11.9 Å². The van der Waals surface area contributed by atoms with E-state index in [-0.39, 0.29) is 5.63 Å². The van der Waals surface area contributed by atoms with Crippen molar-refractivity contribution in [3.8, 4) is 0 Å². The Balaban J connectivity index is 3.18. The van der Waals surface area contributed by atoms with Crippen LogP contribution in [0.4, 0.5) is 0 Å². The van der Waals surface area contributed by atoms with Gasteiger partial charge in [-0.2, -0.15) is 0 Å². The van der Waals surface area contributed by atoms with Gasteiger partial charge < -0.3 is 4.42 Å². The number of carbonyl (C=O) groups is 1. The van der Waals surface area contributed by atoms with Crippen molar-refractivity contribution in [2.75, 3.05) is 0 Å². The van der Waals surface area contributed by atoms with Crippen LogP contribution in [0.2, 0.25) is 0 Å². The molecule has 3 nitrogen and oxygen atoms in total. The van der Waals surface area contributed by atoms with Crippen molar-refractivity contribution in [2.24, 2.45) is 0 Å². The zero-order valence-corrected chi connectivity index (χ0v) is 7.53. The van der Waals surface area contributed by atoms with E-state index >= 15 is 0 Å². The summed E-state index contributed by atoms with van der Waals surface area (Å²) in [7, 11) is 0. The summed E-state index contributed by atoms with van der Waals surface area (Å²) in [5.74, 6) is 0.433. The van der Waals surface area contributed by atoms with Gasteiger partial charge in [0.1, 0.15) is 12.0 Å². The summed E-state index contributed by atoms with van der Waals surface area (Å²) >= 11 is 0. The van der Waals surface area contributed by atoms with Crippen LogP contribution in [0.5, 0.6) is 0 Å². The summed E-state index contributed by atoms with van der Waals surface area (Å²) in [6.45, 7) is 3.39. The van der Waals surface area contributed by atoms with Gasteiger partial charge in [-0.25, -0.2) is 4.79 Å². The van der Waals surface area contributed by atoms with Crippen LogP contribution in [0.3, 0.4) is 0 Å². The van der Waals surface area contributed by atoms with Gasteiger partial charge in [-0.15, -0.1) is 0 Å². The molecule has 0 aliphatic rings. The molecule has 0 N–H and O–H groups in total. The standard InChI is InChI=1S/C10H10O3/c1-7(5-6-11)9-4-3-8(2)10(12)13-9/h3-6H,1-2H3. The van der Waals surface area contributed by atoms with Crippen LogP contribution < -0.4 is 5.63 Å². The normalized spacial score (nSPS) is 11.4. The van der Waals surface area contributed by atoms with Crippen molar-refractivity contribution < 1.29 is 9.21 Å². The number of aryl methyl sites for hydroxylation is 1. The van der Waals surface area contributed by atoms with Crippen LogP contribution in [0.25, 0.3) is 5.57 Å². The SMILES string of the molecule is CC(=CC=O)c1ccc(C)c(=O)o1. The molecule has 0 unspecified atom stereocenters. The molecular weight excluding hydrogens is 168 g/mol. The first-order chi connectivity index (χ1) is 6.15. The van der Waals surface area contributed by atoms with Gasteiger partial charge in [0.25, 0.3) is 0 Å². The summed E-state index contributed by atoms with van der Waals surface area (Å²) in [5.41, 5.74) is 0.839. The molecule has 1 heterocycles. The zero-order chi connectivity index (χ0) is 9.84. The quantitative estimate of drug-likeness (QED) is 0.510. The van der Waals surface area contributed by atoms with Crippen molar-refractivity contribution in [3.63, 3.8) is 0 Å². The average Bonchev–Trinajstić information content (AvgIpc) is 2.10. The molecule has 0 radical (unpaired) electrons. The minimum Gasteiger partial charge on any atom is -0.423 e. The van der Waals surface area contributed by atoms with E-state index in [4.69, 9.17) is 4.42 Å². The first kappa shape index (κ1) is 9.45. The summed E-state index contributed by atoms with van der Waals surface area (Å²) in [4.78, 5) is 21.2. The van der Waals surface area contributed by atoms with E-state index in [1.54, 1.807) is 26.0 Å². The summed E-state index contributed by atoms with van der Waals surface area (Å²) < 4.78 is 4.94. The van der Waals surface area contributed by atoms with Gasteiger partial charge in [0.05, 0.1) is 0 Å². The molecule has 3 heteroatoms. The molecule has 1 aromatic rings. The van der Waals surface area contributed by atoms with E-state index < -0.39 is 0 Å². The highest BCUT2D eigenvalue weighted by molar-refractivity contribution is 5.78. The number of hydrogen-bond donors (Lipinski definition) is 0. The van der Waals surface area contributed by atoms with Crippen molar-refractivity contribution in [2.45, 2.75) is 13.8 Å². The highest BCUT2D eigenvalue weighted by atomic mass is 16.4. The first-order valence-electron chi connectivity index (χ1n) is 3.88. The van der Waals surface area contributed by atoms with E-state index in [1.165, 1.54) is 6.08 Å². The Bertz CT molecular complexity index is 399. The van der Waals surface area contributed by atoms with Gasteiger partial charge in [-0.3, -0.25) is 4.79 Å². The Labute approximate surface area is 75.7 Å². The van der Waals surface area contributed by atoms with Gasteiger partial charge in [0, 0.05) is 5.56 Å². The highest BCUT2D eigenvalue weighted by Crippen LogP contribution is 2.10. The third kappa shape index (κ3) is 2.15. The van der Waals surface area contributed by atoms with Crippen molar-refractivity contribution in [1.82, 2.24) is 0 Å². The fourth-order valence-electron chi connectivity index (χ4n) is 0.879. The third-order valence-corrected chi connectivity index (χ3v) is 1.72. The van der Waals surface area contributed by atoms with Crippen molar-refractivity contribution in [3.05, 3.63) is 40.0 Å². The predicted octanol–water partition coefficient (Wildman–Crippen LogP) is 1.55. The fourth-order valence-corrected chi connectivity index (χ4v) is 0.879. The minimum absolute atomic E-state index is 0.365. The van der Waals surface area contributed by atoms with Crippen LogP contribution >= 0.6 is 0 Å². The summed E-state index contributed by atoms with van der Waals surface area (Å²) in [6.07, 6.45) is 2.02. The Morgan fingerprint density at radius 3 is 2.69 bits per heavy atom. The predicted molar refractivity (Wildman–Crippen MR) is 49.4 cm³/mol. The molecule has 0 aromatic carbocycles. The molecule has 68 valence electrons. The van der Waals surface area contributed by atoms with Crippen LogP contribution in [0, 0.1) is 6.92 Å². The van der Waals surface area contributed by atoms with Crippen LogP contribution in [-0.2, 0) is 4.79 Å². The second-order valence-electron chi connectivity index (χ2n) is 2.76. The van der Waals surface area contributed by atoms with Gasteiger partial charge in [0.15, 0.2) is 0 Å². The lowest BCUT2D eigenvalue weighted by molar-refractivity contribution is -0.104. The second-order valence-corrected chi connectivity index (χ2v) is 2.76. The first-order valence-corrected chi connectivity index (χ1v) is 3.88. The number of rotatable bonds is 2. The Hall–Kier alpha value is -1.64. The van der Waals surface area contributed by atoms with E-state index in [0.29, 0.717) is 23.2 Å². The van der Waals surface area contributed by atoms with E-state index in [0.717, 1.165) is 0 Å². The number of aldehydes is 1. The maximum Gasteiger partial charge on any atom is 0.339 e. The van der Waals surface area contributed by atoms with Crippen molar-refractivity contribution in [1.29, 1.82) is 0 Å². The van der Waals surface area contributed by atoms with E-state index in [2.05, 4.69) is 0 Å². The van der Waals surface area contributed by atoms with Crippen LogP contribution in [0.1, 0.15) is 18.2 Å². The fraction of sp³-hybridized carbons (Fsp3) is 0.200. The molecule has 0 aliphatic carbocycles. The van der Waals surface area contributed by atoms with E-state index in [9.17, 15) is 9.59 Å². The molecule has 1 rings (SSSR count). The van der Waals surface area contributed by atoms with Gasteiger partial charge in [0.2, 0.25) is 0 Å². The van der Waals surface area contributed by atoms with Gasteiger partial charge in [-0.05, 0) is 37.6 Å². The second kappa shape index (κ2) is 3.85. The monoisotopic (exact) mass is 178 g/mol. The molecule has 13 heavy (non-hydrogen) atoms. The Morgan fingerprint density at radius 2 is 2.15 bits per heavy atom. The smallest absolute Gasteiger partial charge is 0.339 e. The average molecular weight is 178 g/mol. The Kier molecular flexibility index (Phi) is 2.80. The maximum atomic E-state index is 11.1. The van der Waals surface area contributed by atoms with Crippen LogP contribution in [-0.4, -0.2) is 6.29 Å². The molecule has 0 fully saturated rings. The van der Waals surface area contributed by atoms with Crippen LogP contribution in [0.15, 0.2) is 27.4 Å². The lowest BCUT2D eigenvalue weighted by Gasteiger charge is -1.97. The molecule has 0 aliphatic heterocycles. The lowest BCUT2D eigenvalue weighted by atomic mass is 10.2. The summed E-state index contributed by atoms with van der Waals surface area (Å²) in [5, 5.41) is 0. The minimum atomic E-state index is -0.365. The third-order valence-electron chi connectivity index (χ3n) is 1.72. The number of carbonyl (C=O) groups excluding carboxylic acids is 1. The molecule has 1 aromatic heterocycles. The molecule has 0 saturated carbocycles. The van der Waals surface area contributed by atoms with Gasteiger partial charge >= 0.3 is 5.63 Å².